The molecule has 2 fully saturated rings. The Kier molecular flexibility index (Phi) is 7.09. The highest BCUT2D eigenvalue weighted by molar-refractivity contribution is 5.83. The summed E-state index contributed by atoms with van der Waals surface area (Å²) in [6.45, 7) is 6.48. The van der Waals surface area contributed by atoms with Crippen molar-refractivity contribution in [2.45, 2.75) is 70.6 Å². The maximum atomic E-state index is 12.6. The molecule has 0 bridgehead atoms. The van der Waals surface area contributed by atoms with Crippen molar-refractivity contribution < 1.29 is 19.1 Å². The molecule has 1 amide bonds. The van der Waals surface area contributed by atoms with E-state index in [1.165, 1.54) is 0 Å². The number of amides is 1. The minimum atomic E-state index is -0.424. The van der Waals surface area contributed by atoms with Gasteiger partial charge in [-0.05, 0) is 32.1 Å². The number of hydrogen-bond donors (Lipinski definition) is 1. The van der Waals surface area contributed by atoms with Crippen LogP contribution in [0.4, 0.5) is 0 Å². The third-order valence-corrected chi connectivity index (χ3v) is 4.74. The van der Waals surface area contributed by atoms with Crippen molar-refractivity contribution >= 4 is 11.9 Å². The fraction of sp³-hybridized carbons (Fsp3) is 0.778. The molecular weight excluding hydrogens is 294 g/mol. The first-order chi connectivity index (χ1) is 11.2. The monoisotopic (exact) mass is 323 g/mol. The summed E-state index contributed by atoms with van der Waals surface area (Å²) in [4.78, 5) is 24.8. The second-order valence-electron chi connectivity index (χ2n) is 6.55. The molecule has 1 N–H and O–H groups in total. The van der Waals surface area contributed by atoms with Gasteiger partial charge >= 0.3 is 5.97 Å². The zero-order valence-corrected chi connectivity index (χ0v) is 14.1. The molecule has 2 saturated heterocycles. The Morgan fingerprint density at radius 3 is 2.96 bits per heavy atom. The second kappa shape index (κ2) is 9.06. The summed E-state index contributed by atoms with van der Waals surface area (Å²) >= 11 is 0. The van der Waals surface area contributed by atoms with Crippen LogP contribution in [-0.4, -0.2) is 30.8 Å². The highest BCUT2D eigenvalue weighted by atomic mass is 16.7. The van der Waals surface area contributed by atoms with E-state index >= 15 is 0 Å². The molecule has 0 aromatic rings. The molecule has 4 unspecified atom stereocenters. The maximum absolute atomic E-state index is 12.6. The van der Waals surface area contributed by atoms with Crippen molar-refractivity contribution in [3.8, 4) is 0 Å². The molecule has 0 aromatic heterocycles. The van der Waals surface area contributed by atoms with Gasteiger partial charge in [0, 0.05) is 18.4 Å². The number of ether oxygens (including phenoxy) is 2. The van der Waals surface area contributed by atoms with E-state index in [1.807, 2.05) is 0 Å². The molecule has 2 rings (SSSR count). The zero-order valence-electron chi connectivity index (χ0n) is 14.1. The van der Waals surface area contributed by atoms with Crippen LogP contribution >= 0.6 is 0 Å². The van der Waals surface area contributed by atoms with Gasteiger partial charge in [0.05, 0.1) is 12.5 Å². The SMILES string of the molecule is C=CCC1NC(=O)C(CCCC)CC1C(=O)OC1CCCCO1. The van der Waals surface area contributed by atoms with Crippen LogP contribution in [0.5, 0.6) is 0 Å². The average molecular weight is 323 g/mol. The van der Waals surface area contributed by atoms with E-state index in [4.69, 9.17) is 9.47 Å². The highest BCUT2D eigenvalue weighted by Gasteiger charge is 2.40. The smallest absolute Gasteiger partial charge is 0.313 e. The van der Waals surface area contributed by atoms with Gasteiger partial charge in [0.25, 0.3) is 0 Å². The van der Waals surface area contributed by atoms with Gasteiger partial charge in [-0.1, -0.05) is 25.8 Å². The van der Waals surface area contributed by atoms with Crippen molar-refractivity contribution in [3.63, 3.8) is 0 Å². The molecule has 2 aliphatic heterocycles. The quantitative estimate of drug-likeness (QED) is 0.578. The third-order valence-electron chi connectivity index (χ3n) is 4.74. The Morgan fingerprint density at radius 2 is 2.30 bits per heavy atom. The van der Waals surface area contributed by atoms with Crippen molar-refractivity contribution in [3.05, 3.63) is 12.7 Å². The molecular formula is C18H29NO4. The van der Waals surface area contributed by atoms with E-state index in [2.05, 4.69) is 18.8 Å². The van der Waals surface area contributed by atoms with Gasteiger partial charge in [-0.15, -0.1) is 6.58 Å². The van der Waals surface area contributed by atoms with E-state index in [0.717, 1.165) is 38.5 Å². The van der Waals surface area contributed by atoms with Gasteiger partial charge in [-0.2, -0.15) is 0 Å². The van der Waals surface area contributed by atoms with Crippen molar-refractivity contribution in [1.29, 1.82) is 0 Å². The fourth-order valence-electron chi connectivity index (χ4n) is 3.36. The maximum Gasteiger partial charge on any atom is 0.313 e. The molecule has 0 radical (unpaired) electrons. The van der Waals surface area contributed by atoms with E-state index in [-0.39, 0.29) is 29.8 Å². The highest BCUT2D eigenvalue weighted by Crippen LogP contribution is 2.29. The van der Waals surface area contributed by atoms with Crippen molar-refractivity contribution in [2.24, 2.45) is 11.8 Å². The van der Waals surface area contributed by atoms with Gasteiger partial charge in [0.2, 0.25) is 12.2 Å². The summed E-state index contributed by atoms with van der Waals surface area (Å²) in [6, 6.07) is -0.214. The predicted molar refractivity (Wildman–Crippen MR) is 87.5 cm³/mol. The number of esters is 1. The molecule has 2 aliphatic rings. The van der Waals surface area contributed by atoms with Crippen LogP contribution in [0, 0.1) is 11.8 Å². The van der Waals surface area contributed by atoms with Gasteiger partial charge in [-0.25, -0.2) is 0 Å². The lowest BCUT2D eigenvalue weighted by Crippen LogP contribution is -2.52. The van der Waals surface area contributed by atoms with Crippen LogP contribution in [-0.2, 0) is 19.1 Å². The summed E-state index contributed by atoms with van der Waals surface area (Å²) in [5.74, 6) is -0.590. The fourth-order valence-corrected chi connectivity index (χ4v) is 3.36. The Labute approximate surface area is 138 Å². The van der Waals surface area contributed by atoms with Crippen LogP contribution in [0.1, 0.15) is 58.3 Å². The van der Waals surface area contributed by atoms with Gasteiger partial charge < -0.3 is 14.8 Å². The van der Waals surface area contributed by atoms with Crippen LogP contribution in [0.25, 0.3) is 0 Å². The summed E-state index contributed by atoms with van der Waals surface area (Å²) in [5.41, 5.74) is 0. The zero-order chi connectivity index (χ0) is 16.7. The van der Waals surface area contributed by atoms with Crippen LogP contribution < -0.4 is 5.32 Å². The number of piperidine rings is 1. The third kappa shape index (κ3) is 5.06. The minimum absolute atomic E-state index is 0.0586. The Morgan fingerprint density at radius 1 is 1.48 bits per heavy atom. The molecule has 2 heterocycles. The lowest BCUT2D eigenvalue weighted by molar-refractivity contribution is -0.193. The van der Waals surface area contributed by atoms with E-state index < -0.39 is 6.29 Å². The largest absolute Gasteiger partial charge is 0.435 e. The lowest BCUT2D eigenvalue weighted by atomic mass is 9.80. The Hall–Kier alpha value is -1.36. The number of rotatable bonds is 7. The molecule has 0 saturated carbocycles. The molecule has 0 aliphatic carbocycles. The van der Waals surface area contributed by atoms with Gasteiger partial charge in [-0.3, -0.25) is 9.59 Å². The molecule has 23 heavy (non-hydrogen) atoms. The molecule has 5 nitrogen and oxygen atoms in total. The predicted octanol–water partition coefficient (Wildman–Crippen LogP) is 2.94. The standard InChI is InChI=1S/C18H29NO4/c1-3-5-9-13-12-14(15(8-4-2)19-17(13)20)18(21)23-16-10-6-7-11-22-16/h4,13-16H,2-3,5-12H2,1H3,(H,19,20). The topological polar surface area (TPSA) is 64.6 Å². The Balaban J connectivity index is 1.99. The molecule has 4 atom stereocenters. The average Bonchev–Trinajstić information content (AvgIpc) is 2.55. The second-order valence-corrected chi connectivity index (χ2v) is 6.55. The summed E-state index contributed by atoms with van der Waals surface area (Å²) < 4.78 is 11.0. The Bertz CT molecular complexity index is 417. The summed E-state index contributed by atoms with van der Waals surface area (Å²) in [7, 11) is 0. The number of nitrogens with one attached hydrogen (secondary N) is 1. The summed E-state index contributed by atoms with van der Waals surface area (Å²) in [6.07, 6.45) is 8.14. The van der Waals surface area contributed by atoms with Crippen LogP contribution in [0.3, 0.4) is 0 Å². The number of unbranched alkanes of at least 4 members (excludes halogenated alkanes) is 1. The van der Waals surface area contributed by atoms with Gasteiger partial charge in [0.15, 0.2) is 0 Å². The first-order valence-corrected chi connectivity index (χ1v) is 8.89. The van der Waals surface area contributed by atoms with E-state index in [0.29, 0.717) is 19.4 Å². The number of carbonyl (C=O) groups is 2. The number of carbonyl (C=O) groups excluding carboxylic acids is 2. The summed E-state index contributed by atoms with van der Waals surface area (Å²) in [5, 5.41) is 2.99. The lowest BCUT2D eigenvalue weighted by Gasteiger charge is -2.35. The van der Waals surface area contributed by atoms with Crippen LogP contribution in [0.15, 0.2) is 12.7 Å². The van der Waals surface area contributed by atoms with Crippen molar-refractivity contribution in [1.82, 2.24) is 5.32 Å². The molecule has 0 spiro atoms. The van der Waals surface area contributed by atoms with Crippen molar-refractivity contribution in [2.75, 3.05) is 6.61 Å². The first kappa shape index (κ1) is 18.0. The minimum Gasteiger partial charge on any atom is -0.435 e. The molecule has 0 aromatic carbocycles. The number of hydrogen-bond acceptors (Lipinski definition) is 4. The normalized spacial score (nSPS) is 31.3. The van der Waals surface area contributed by atoms with Gasteiger partial charge in [0.1, 0.15) is 0 Å². The first-order valence-electron chi connectivity index (χ1n) is 8.89. The van der Waals surface area contributed by atoms with E-state index in [1.54, 1.807) is 6.08 Å². The molecule has 5 heteroatoms. The van der Waals surface area contributed by atoms with Crippen LogP contribution in [0.2, 0.25) is 0 Å². The van der Waals surface area contributed by atoms with E-state index in [9.17, 15) is 9.59 Å². The molecule has 130 valence electrons.